The molecular formula is C16H16BrIN2O. The second-order valence-corrected chi connectivity index (χ2v) is 8.34. The first-order valence-corrected chi connectivity index (χ1v) is 9.38. The molecule has 0 atom stereocenters. The summed E-state index contributed by atoms with van der Waals surface area (Å²) in [5.41, 5.74) is 1.18. The van der Waals surface area contributed by atoms with Crippen molar-refractivity contribution in [1.82, 2.24) is 9.55 Å². The van der Waals surface area contributed by atoms with Crippen molar-refractivity contribution in [3.8, 4) is 0 Å². The molecule has 3 nitrogen and oxygen atoms in total. The molecule has 0 N–H and O–H groups in total. The molecule has 5 heteroatoms. The monoisotopic (exact) mass is 458 g/mol. The molecule has 1 fully saturated rings. The summed E-state index contributed by atoms with van der Waals surface area (Å²) in [6.45, 7) is 0.834. The van der Waals surface area contributed by atoms with Crippen molar-refractivity contribution in [2.75, 3.05) is 0 Å². The Bertz CT molecular complexity index is 793. The summed E-state index contributed by atoms with van der Waals surface area (Å²) in [6, 6.07) is 3.95. The van der Waals surface area contributed by atoms with Crippen LogP contribution in [-0.4, -0.2) is 9.55 Å². The number of hydrogen-bond donors (Lipinski definition) is 0. The van der Waals surface area contributed by atoms with Crippen LogP contribution in [0, 0.1) is 3.57 Å². The largest absolute Gasteiger partial charge is 0.296 e. The van der Waals surface area contributed by atoms with E-state index < -0.39 is 0 Å². The van der Waals surface area contributed by atoms with E-state index in [0.717, 1.165) is 37.7 Å². The number of rotatable bonds is 0. The number of aromatic nitrogens is 2. The van der Waals surface area contributed by atoms with Crippen molar-refractivity contribution >= 4 is 49.4 Å². The van der Waals surface area contributed by atoms with Crippen LogP contribution < -0.4 is 5.56 Å². The average Bonchev–Trinajstić information content (AvgIpc) is 2.80. The Kier molecular flexibility index (Phi) is 3.41. The highest BCUT2D eigenvalue weighted by Crippen LogP contribution is 2.45. The fraction of sp³-hybridized carbons (Fsp3) is 0.500. The molecule has 1 aromatic heterocycles. The van der Waals surface area contributed by atoms with Crippen molar-refractivity contribution < 1.29 is 0 Å². The van der Waals surface area contributed by atoms with Gasteiger partial charge in [-0.15, -0.1) is 0 Å². The molecule has 2 aromatic rings. The van der Waals surface area contributed by atoms with E-state index in [2.05, 4.69) is 38.5 Å². The first-order valence-electron chi connectivity index (χ1n) is 7.51. The summed E-state index contributed by atoms with van der Waals surface area (Å²) in [5.74, 6) is 1.06. The second kappa shape index (κ2) is 5.05. The molecule has 1 aromatic carbocycles. The summed E-state index contributed by atoms with van der Waals surface area (Å²) in [5, 5.41) is 0.741. The predicted molar refractivity (Wildman–Crippen MR) is 95.8 cm³/mol. The van der Waals surface area contributed by atoms with Gasteiger partial charge in [-0.25, -0.2) is 4.98 Å². The quantitative estimate of drug-likeness (QED) is 0.549. The molecule has 0 bridgehead atoms. The molecule has 1 saturated carbocycles. The van der Waals surface area contributed by atoms with E-state index in [1.165, 1.54) is 32.1 Å². The predicted octanol–water partition coefficient (Wildman–Crippen LogP) is 4.37. The van der Waals surface area contributed by atoms with Crippen LogP contribution in [-0.2, 0) is 12.0 Å². The molecule has 110 valence electrons. The Balaban J connectivity index is 2.02. The van der Waals surface area contributed by atoms with Crippen molar-refractivity contribution in [3.63, 3.8) is 0 Å². The van der Waals surface area contributed by atoms with Crippen molar-refractivity contribution in [3.05, 3.63) is 36.4 Å². The third-order valence-corrected chi connectivity index (χ3v) is 6.36. The summed E-state index contributed by atoms with van der Waals surface area (Å²) < 4.78 is 3.94. The molecule has 0 unspecified atom stereocenters. The van der Waals surface area contributed by atoms with Crippen LogP contribution in [0.5, 0.6) is 0 Å². The molecule has 1 aliphatic carbocycles. The van der Waals surface area contributed by atoms with Crippen molar-refractivity contribution in [2.24, 2.45) is 0 Å². The molecule has 21 heavy (non-hydrogen) atoms. The van der Waals surface area contributed by atoms with Crippen LogP contribution in [0.15, 0.2) is 21.4 Å². The van der Waals surface area contributed by atoms with Crippen LogP contribution >= 0.6 is 38.5 Å². The Morgan fingerprint density at radius 2 is 1.95 bits per heavy atom. The first kappa shape index (κ1) is 14.2. The van der Waals surface area contributed by atoms with Gasteiger partial charge in [0.15, 0.2) is 0 Å². The maximum absolute atomic E-state index is 12.8. The minimum atomic E-state index is 0.136. The van der Waals surface area contributed by atoms with Gasteiger partial charge in [0.05, 0.1) is 10.9 Å². The SMILES string of the molecule is O=c1c2cc(Br)cc(I)c2nc2n1CCC21CCCCC1. The van der Waals surface area contributed by atoms with Gasteiger partial charge in [0.1, 0.15) is 5.82 Å². The van der Waals surface area contributed by atoms with E-state index >= 15 is 0 Å². The van der Waals surface area contributed by atoms with Crippen LogP contribution in [0.3, 0.4) is 0 Å². The van der Waals surface area contributed by atoms with Gasteiger partial charge in [0.25, 0.3) is 5.56 Å². The highest BCUT2D eigenvalue weighted by atomic mass is 127. The van der Waals surface area contributed by atoms with Crippen LogP contribution in [0.1, 0.15) is 44.3 Å². The third-order valence-electron chi connectivity index (χ3n) is 5.08. The number of fused-ring (bicyclic) bond motifs is 3. The minimum Gasteiger partial charge on any atom is -0.296 e. The van der Waals surface area contributed by atoms with E-state index in [1.54, 1.807) is 0 Å². The van der Waals surface area contributed by atoms with Gasteiger partial charge in [-0.1, -0.05) is 35.2 Å². The second-order valence-electron chi connectivity index (χ2n) is 6.27. The zero-order valence-corrected chi connectivity index (χ0v) is 15.4. The fourth-order valence-corrected chi connectivity index (χ4v) is 5.64. The maximum atomic E-state index is 12.8. The molecule has 0 saturated heterocycles. The molecule has 4 rings (SSSR count). The molecule has 0 radical (unpaired) electrons. The van der Waals surface area contributed by atoms with E-state index in [-0.39, 0.29) is 11.0 Å². The normalized spacial score (nSPS) is 20.1. The lowest BCUT2D eigenvalue weighted by atomic mass is 9.72. The van der Waals surface area contributed by atoms with Gasteiger partial charge >= 0.3 is 0 Å². The molecule has 0 amide bonds. The molecule has 1 spiro atoms. The number of benzene rings is 1. The number of hydrogen-bond acceptors (Lipinski definition) is 2. The van der Waals surface area contributed by atoms with Gasteiger partial charge in [-0.2, -0.15) is 0 Å². The van der Waals surface area contributed by atoms with Crippen LogP contribution in [0.4, 0.5) is 0 Å². The molecule has 2 aliphatic rings. The molecule has 1 aliphatic heterocycles. The van der Waals surface area contributed by atoms with Gasteiger partial charge < -0.3 is 0 Å². The average molecular weight is 459 g/mol. The van der Waals surface area contributed by atoms with Crippen molar-refractivity contribution in [2.45, 2.75) is 50.5 Å². The van der Waals surface area contributed by atoms with Crippen molar-refractivity contribution in [1.29, 1.82) is 0 Å². The van der Waals surface area contributed by atoms with Gasteiger partial charge in [-0.05, 0) is 54.0 Å². The molecular weight excluding hydrogens is 443 g/mol. The lowest BCUT2D eigenvalue weighted by Gasteiger charge is -2.32. The van der Waals surface area contributed by atoms with E-state index in [1.807, 2.05) is 16.7 Å². The Labute approximate surface area is 145 Å². The first-order chi connectivity index (χ1) is 10.1. The van der Waals surface area contributed by atoms with Crippen LogP contribution in [0.2, 0.25) is 0 Å². The fourth-order valence-electron chi connectivity index (χ4n) is 4.00. The van der Waals surface area contributed by atoms with Gasteiger partial charge in [0.2, 0.25) is 0 Å². The number of nitrogens with zero attached hydrogens (tertiary/aromatic N) is 2. The van der Waals surface area contributed by atoms with Gasteiger partial charge in [0, 0.05) is 20.0 Å². The van der Waals surface area contributed by atoms with E-state index in [0.29, 0.717) is 0 Å². The zero-order chi connectivity index (χ0) is 14.6. The van der Waals surface area contributed by atoms with Crippen LogP contribution in [0.25, 0.3) is 10.9 Å². The standard InChI is InChI=1S/C16H16BrIN2O/c17-10-8-11-13(12(18)9-10)19-15-16(4-2-1-3-5-16)6-7-20(15)14(11)21/h8-9H,1-7H2. The molecule has 2 heterocycles. The highest BCUT2D eigenvalue weighted by molar-refractivity contribution is 14.1. The Morgan fingerprint density at radius 3 is 2.71 bits per heavy atom. The topological polar surface area (TPSA) is 34.9 Å². The van der Waals surface area contributed by atoms with E-state index in [4.69, 9.17) is 4.98 Å². The zero-order valence-electron chi connectivity index (χ0n) is 11.7. The van der Waals surface area contributed by atoms with Gasteiger partial charge in [-0.3, -0.25) is 9.36 Å². The third kappa shape index (κ3) is 2.11. The summed E-state index contributed by atoms with van der Waals surface area (Å²) in [6.07, 6.45) is 7.33. The smallest absolute Gasteiger partial charge is 0.261 e. The Hall–Kier alpha value is -0.430. The highest BCUT2D eigenvalue weighted by Gasteiger charge is 2.42. The lowest BCUT2D eigenvalue weighted by Crippen LogP contribution is -2.30. The summed E-state index contributed by atoms with van der Waals surface area (Å²) >= 11 is 5.77. The van der Waals surface area contributed by atoms with E-state index in [9.17, 15) is 4.79 Å². The lowest BCUT2D eigenvalue weighted by molar-refractivity contribution is 0.286. The Morgan fingerprint density at radius 1 is 1.19 bits per heavy atom. The maximum Gasteiger partial charge on any atom is 0.261 e. The number of halogens is 2. The summed E-state index contributed by atoms with van der Waals surface area (Å²) in [7, 11) is 0. The summed E-state index contributed by atoms with van der Waals surface area (Å²) in [4.78, 5) is 17.8. The minimum absolute atomic E-state index is 0.136.